The predicted octanol–water partition coefficient (Wildman–Crippen LogP) is 0.487. The molecule has 0 amide bonds. The average molecular weight is 212 g/mol. The predicted molar refractivity (Wildman–Crippen MR) is 57.8 cm³/mol. The van der Waals surface area contributed by atoms with Crippen LogP contribution in [0.2, 0.25) is 0 Å². The number of nitrogens with zero attached hydrogens (tertiary/aromatic N) is 2. The lowest BCUT2D eigenvalue weighted by Gasteiger charge is -2.19. The van der Waals surface area contributed by atoms with Gasteiger partial charge in [0.05, 0.1) is 6.54 Å². The molecule has 4 nitrogen and oxygen atoms in total. The fourth-order valence-electron chi connectivity index (χ4n) is 2.52. The van der Waals surface area contributed by atoms with Crippen LogP contribution in [0.25, 0.3) is 0 Å². The Hall–Kier alpha value is -0.610. The maximum absolute atomic E-state index is 10.5. The van der Waals surface area contributed by atoms with Crippen molar-refractivity contribution >= 4 is 5.97 Å². The molecule has 1 aliphatic heterocycles. The summed E-state index contributed by atoms with van der Waals surface area (Å²) in [4.78, 5) is 15.0. The maximum Gasteiger partial charge on any atom is 0.317 e. The summed E-state index contributed by atoms with van der Waals surface area (Å²) >= 11 is 0. The van der Waals surface area contributed by atoms with E-state index >= 15 is 0 Å². The summed E-state index contributed by atoms with van der Waals surface area (Å²) in [6.07, 6.45) is 3.98. The number of likely N-dealkylation sites (tertiary alicyclic amines) is 1. The first-order chi connectivity index (χ1) is 7.15. The summed E-state index contributed by atoms with van der Waals surface area (Å²) in [6.45, 7) is 3.49. The number of carboxylic acids is 1. The summed E-state index contributed by atoms with van der Waals surface area (Å²) < 4.78 is 0. The maximum atomic E-state index is 10.5. The van der Waals surface area contributed by atoms with Crippen LogP contribution in [0.4, 0.5) is 0 Å². The largest absolute Gasteiger partial charge is 0.480 e. The van der Waals surface area contributed by atoms with Crippen molar-refractivity contribution < 1.29 is 9.90 Å². The van der Waals surface area contributed by atoms with E-state index in [0.717, 1.165) is 12.6 Å². The van der Waals surface area contributed by atoms with Crippen molar-refractivity contribution in [2.75, 3.05) is 33.2 Å². The molecule has 1 heterocycles. The van der Waals surface area contributed by atoms with Gasteiger partial charge in [-0.25, -0.2) is 0 Å². The van der Waals surface area contributed by atoms with Crippen LogP contribution in [-0.2, 0) is 4.79 Å². The summed E-state index contributed by atoms with van der Waals surface area (Å²) in [5.74, 6) is -0.0514. The molecule has 0 aromatic heterocycles. The van der Waals surface area contributed by atoms with E-state index in [4.69, 9.17) is 5.11 Å². The average Bonchev–Trinajstić information content (AvgIpc) is 2.87. The Morgan fingerprint density at radius 2 is 2.20 bits per heavy atom. The molecular formula is C11H20N2O2. The SMILES string of the molecule is CN(CC(=O)O)CC1CCN(C2CC2)C1. The van der Waals surface area contributed by atoms with Gasteiger partial charge in [0.15, 0.2) is 0 Å². The van der Waals surface area contributed by atoms with Gasteiger partial charge >= 0.3 is 5.97 Å². The first kappa shape index (κ1) is 10.9. The van der Waals surface area contributed by atoms with Crippen molar-refractivity contribution in [1.82, 2.24) is 9.80 Å². The van der Waals surface area contributed by atoms with Gasteiger partial charge in [-0.05, 0) is 38.8 Å². The fourth-order valence-corrected chi connectivity index (χ4v) is 2.52. The van der Waals surface area contributed by atoms with Gasteiger partial charge in [0, 0.05) is 19.1 Å². The topological polar surface area (TPSA) is 43.8 Å². The number of likely N-dealkylation sites (N-methyl/N-ethyl adjacent to an activating group) is 1. The lowest BCUT2D eigenvalue weighted by atomic mass is 10.1. The number of carboxylic acid groups (broad SMARTS) is 1. The summed E-state index contributed by atoms with van der Waals surface area (Å²) in [7, 11) is 1.90. The van der Waals surface area contributed by atoms with Gasteiger partial charge in [0.25, 0.3) is 0 Å². The van der Waals surface area contributed by atoms with Crippen LogP contribution < -0.4 is 0 Å². The normalized spacial score (nSPS) is 27.5. The van der Waals surface area contributed by atoms with Crippen LogP contribution in [0.15, 0.2) is 0 Å². The third-order valence-electron chi connectivity index (χ3n) is 3.36. The van der Waals surface area contributed by atoms with Crippen LogP contribution in [0, 0.1) is 5.92 Å². The molecule has 2 rings (SSSR count). The number of hydrogen-bond acceptors (Lipinski definition) is 3. The van der Waals surface area contributed by atoms with E-state index in [1.165, 1.54) is 32.4 Å². The van der Waals surface area contributed by atoms with E-state index in [1.807, 2.05) is 11.9 Å². The van der Waals surface area contributed by atoms with Crippen molar-refractivity contribution in [1.29, 1.82) is 0 Å². The highest BCUT2D eigenvalue weighted by atomic mass is 16.4. The number of hydrogen-bond donors (Lipinski definition) is 1. The number of carbonyl (C=O) groups is 1. The van der Waals surface area contributed by atoms with Crippen molar-refractivity contribution in [2.45, 2.75) is 25.3 Å². The monoisotopic (exact) mass is 212 g/mol. The molecule has 1 aliphatic carbocycles. The smallest absolute Gasteiger partial charge is 0.317 e. The van der Waals surface area contributed by atoms with Gasteiger partial charge < -0.3 is 10.0 Å². The Morgan fingerprint density at radius 3 is 2.80 bits per heavy atom. The Morgan fingerprint density at radius 1 is 1.47 bits per heavy atom. The first-order valence-corrected chi connectivity index (χ1v) is 5.79. The van der Waals surface area contributed by atoms with Crippen molar-refractivity contribution in [3.8, 4) is 0 Å². The molecule has 0 aromatic carbocycles. The Balaban J connectivity index is 1.69. The standard InChI is InChI=1S/C11H20N2O2/c1-12(8-11(14)15)6-9-4-5-13(7-9)10-2-3-10/h9-10H,2-8H2,1H3,(H,14,15). The van der Waals surface area contributed by atoms with Gasteiger partial charge in [-0.1, -0.05) is 0 Å². The molecular weight excluding hydrogens is 192 g/mol. The number of rotatable bonds is 5. The van der Waals surface area contributed by atoms with E-state index < -0.39 is 5.97 Å². The van der Waals surface area contributed by atoms with E-state index in [1.54, 1.807) is 0 Å². The molecule has 15 heavy (non-hydrogen) atoms. The third-order valence-corrected chi connectivity index (χ3v) is 3.36. The van der Waals surface area contributed by atoms with E-state index in [0.29, 0.717) is 5.92 Å². The minimum absolute atomic E-state index is 0.167. The van der Waals surface area contributed by atoms with Crippen molar-refractivity contribution in [3.63, 3.8) is 0 Å². The lowest BCUT2D eigenvalue weighted by Crippen LogP contribution is -2.32. The van der Waals surface area contributed by atoms with Gasteiger partial charge in [-0.2, -0.15) is 0 Å². The molecule has 0 spiro atoms. The number of aliphatic carboxylic acids is 1. The van der Waals surface area contributed by atoms with Crippen molar-refractivity contribution in [2.24, 2.45) is 5.92 Å². The van der Waals surface area contributed by atoms with Crippen LogP contribution in [0.1, 0.15) is 19.3 Å². The summed E-state index contributed by atoms with van der Waals surface area (Å²) in [5.41, 5.74) is 0. The minimum Gasteiger partial charge on any atom is -0.480 e. The van der Waals surface area contributed by atoms with Crippen molar-refractivity contribution in [3.05, 3.63) is 0 Å². The van der Waals surface area contributed by atoms with E-state index in [-0.39, 0.29) is 6.54 Å². The molecule has 0 bridgehead atoms. The second-order valence-electron chi connectivity index (χ2n) is 4.97. The van der Waals surface area contributed by atoms with Gasteiger partial charge in [-0.15, -0.1) is 0 Å². The second-order valence-corrected chi connectivity index (χ2v) is 4.97. The van der Waals surface area contributed by atoms with Crippen LogP contribution in [-0.4, -0.2) is 60.1 Å². The molecule has 4 heteroatoms. The summed E-state index contributed by atoms with van der Waals surface area (Å²) in [6, 6.07) is 0.861. The zero-order valence-electron chi connectivity index (χ0n) is 9.35. The third kappa shape index (κ3) is 3.18. The minimum atomic E-state index is -0.727. The van der Waals surface area contributed by atoms with Gasteiger partial charge in [0.1, 0.15) is 0 Å². The molecule has 0 aromatic rings. The highest BCUT2D eigenvalue weighted by Crippen LogP contribution is 2.31. The van der Waals surface area contributed by atoms with E-state index in [9.17, 15) is 4.79 Å². The molecule has 2 aliphatic rings. The first-order valence-electron chi connectivity index (χ1n) is 5.79. The molecule has 1 saturated carbocycles. The Bertz CT molecular complexity index is 241. The second kappa shape index (κ2) is 4.49. The molecule has 1 atom stereocenters. The molecule has 86 valence electrons. The van der Waals surface area contributed by atoms with E-state index in [2.05, 4.69) is 4.90 Å². The van der Waals surface area contributed by atoms with Crippen LogP contribution >= 0.6 is 0 Å². The highest BCUT2D eigenvalue weighted by molar-refractivity contribution is 5.68. The Labute approximate surface area is 90.9 Å². The fraction of sp³-hybridized carbons (Fsp3) is 0.909. The highest BCUT2D eigenvalue weighted by Gasteiger charge is 2.34. The molecule has 0 radical (unpaired) electrons. The van der Waals surface area contributed by atoms with Gasteiger partial charge in [-0.3, -0.25) is 9.69 Å². The zero-order valence-corrected chi connectivity index (χ0v) is 9.35. The zero-order chi connectivity index (χ0) is 10.8. The molecule has 1 N–H and O–H groups in total. The molecule has 1 unspecified atom stereocenters. The quantitative estimate of drug-likeness (QED) is 0.720. The molecule has 2 fully saturated rings. The van der Waals surface area contributed by atoms with Crippen LogP contribution in [0.3, 0.4) is 0 Å². The van der Waals surface area contributed by atoms with Gasteiger partial charge in [0.2, 0.25) is 0 Å². The van der Waals surface area contributed by atoms with Crippen LogP contribution in [0.5, 0.6) is 0 Å². The Kier molecular flexibility index (Phi) is 3.26. The lowest BCUT2D eigenvalue weighted by molar-refractivity contribution is -0.138. The molecule has 1 saturated heterocycles. The summed E-state index contributed by atoms with van der Waals surface area (Å²) in [5, 5.41) is 8.66.